The number of rotatable bonds is 12. The first-order chi connectivity index (χ1) is 19.1. The molecule has 198 valence electrons. The quantitative estimate of drug-likeness (QED) is 0.193. The van der Waals surface area contributed by atoms with Crippen LogP contribution in [0.4, 0.5) is 4.39 Å². The van der Waals surface area contributed by atoms with Crippen LogP contribution in [-0.2, 0) is 32.8 Å². The van der Waals surface area contributed by atoms with Crippen molar-refractivity contribution in [2.75, 3.05) is 0 Å². The molecule has 1 N–H and O–H groups in total. The van der Waals surface area contributed by atoms with Gasteiger partial charge in [-0.3, -0.25) is 9.69 Å². The van der Waals surface area contributed by atoms with E-state index in [4.69, 9.17) is 9.15 Å². The van der Waals surface area contributed by atoms with E-state index in [1.54, 1.807) is 29.8 Å². The number of amides is 1. The number of nitrogens with one attached hydrogen (secondary N) is 1. The molecule has 2 aromatic heterocycles. The van der Waals surface area contributed by atoms with E-state index in [1.807, 2.05) is 60.7 Å². The summed E-state index contributed by atoms with van der Waals surface area (Å²) in [7, 11) is 0. The van der Waals surface area contributed by atoms with Gasteiger partial charge in [0.1, 0.15) is 34.6 Å². The normalized spacial score (nSPS) is 11.0. The molecule has 0 aliphatic rings. The van der Waals surface area contributed by atoms with Gasteiger partial charge in [0.25, 0.3) is 5.91 Å². The molecule has 2 heterocycles. The molecule has 0 radical (unpaired) electrons. The smallest absolute Gasteiger partial charge is 0.271 e. The van der Waals surface area contributed by atoms with Gasteiger partial charge in [-0.05, 0) is 53.1 Å². The van der Waals surface area contributed by atoms with Crippen LogP contribution in [0.1, 0.15) is 37.9 Å². The molecular formula is C31H28FN3O3S. The van der Waals surface area contributed by atoms with Gasteiger partial charge in [-0.1, -0.05) is 54.6 Å². The average Bonchev–Trinajstić information content (AvgIpc) is 3.66. The zero-order chi connectivity index (χ0) is 26.9. The maximum atomic E-state index is 13.5. The number of carbonyl (C=O) groups excluding carboxylic acids is 1. The second-order valence-corrected chi connectivity index (χ2v) is 10.0. The number of furan rings is 1. The Hall–Kier alpha value is -4.27. The summed E-state index contributed by atoms with van der Waals surface area (Å²) >= 11 is 1.44. The van der Waals surface area contributed by atoms with Crippen molar-refractivity contribution >= 4 is 17.2 Å². The maximum Gasteiger partial charge on any atom is 0.271 e. The Kier molecular flexibility index (Phi) is 8.78. The van der Waals surface area contributed by atoms with E-state index in [0.29, 0.717) is 44.2 Å². The summed E-state index contributed by atoms with van der Waals surface area (Å²) in [6, 6.07) is 28.2. The number of carbonyl (C=O) groups is 1. The number of hydrogen-bond acceptors (Lipinski definition) is 6. The van der Waals surface area contributed by atoms with Crippen molar-refractivity contribution in [2.45, 2.75) is 32.8 Å². The van der Waals surface area contributed by atoms with E-state index in [0.717, 1.165) is 27.4 Å². The van der Waals surface area contributed by atoms with Crippen molar-refractivity contribution in [3.8, 4) is 5.75 Å². The van der Waals surface area contributed by atoms with Crippen LogP contribution in [0, 0.1) is 5.82 Å². The van der Waals surface area contributed by atoms with Gasteiger partial charge in [0.15, 0.2) is 0 Å². The molecule has 39 heavy (non-hydrogen) atoms. The third-order valence-corrected chi connectivity index (χ3v) is 6.88. The van der Waals surface area contributed by atoms with E-state index in [9.17, 15) is 9.18 Å². The predicted octanol–water partition coefficient (Wildman–Crippen LogP) is 6.59. The Morgan fingerprint density at radius 2 is 1.59 bits per heavy atom. The summed E-state index contributed by atoms with van der Waals surface area (Å²) in [4.78, 5) is 19.3. The molecule has 0 saturated carbocycles. The molecular weight excluding hydrogens is 513 g/mol. The summed E-state index contributed by atoms with van der Waals surface area (Å²) in [5.74, 6) is 0.977. The minimum atomic E-state index is -0.262. The van der Waals surface area contributed by atoms with Gasteiger partial charge in [0.05, 0.1) is 19.4 Å². The van der Waals surface area contributed by atoms with Crippen LogP contribution in [0.2, 0.25) is 0 Å². The number of nitrogens with zero attached hydrogens (tertiary/aromatic N) is 2. The molecule has 0 bridgehead atoms. The van der Waals surface area contributed by atoms with Crippen molar-refractivity contribution in [3.05, 3.63) is 142 Å². The molecule has 0 saturated heterocycles. The lowest BCUT2D eigenvalue weighted by Crippen LogP contribution is -2.24. The Bertz CT molecular complexity index is 1450. The Morgan fingerprint density at radius 1 is 0.872 bits per heavy atom. The molecule has 5 aromatic rings. The highest BCUT2D eigenvalue weighted by molar-refractivity contribution is 7.09. The molecule has 1 amide bonds. The molecule has 0 spiro atoms. The van der Waals surface area contributed by atoms with E-state index in [-0.39, 0.29) is 11.7 Å². The molecule has 8 heteroatoms. The third kappa shape index (κ3) is 7.86. The highest BCUT2D eigenvalue weighted by atomic mass is 32.1. The summed E-state index contributed by atoms with van der Waals surface area (Å²) in [5, 5.41) is 5.42. The third-order valence-electron chi connectivity index (χ3n) is 6.04. The van der Waals surface area contributed by atoms with E-state index in [2.05, 4.69) is 15.2 Å². The van der Waals surface area contributed by atoms with E-state index in [1.165, 1.54) is 23.5 Å². The van der Waals surface area contributed by atoms with Gasteiger partial charge in [0, 0.05) is 18.5 Å². The van der Waals surface area contributed by atoms with Crippen LogP contribution in [0.3, 0.4) is 0 Å². The lowest BCUT2D eigenvalue weighted by molar-refractivity contribution is 0.0943. The van der Waals surface area contributed by atoms with Crippen molar-refractivity contribution in [1.82, 2.24) is 15.2 Å². The average molecular weight is 542 g/mol. The maximum absolute atomic E-state index is 13.5. The Morgan fingerprint density at radius 3 is 2.28 bits per heavy atom. The molecule has 0 aliphatic carbocycles. The summed E-state index contributed by atoms with van der Waals surface area (Å²) in [5.41, 5.74) is 3.59. The van der Waals surface area contributed by atoms with E-state index >= 15 is 0 Å². The molecule has 5 rings (SSSR count). The van der Waals surface area contributed by atoms with Crippen LogP contribution in [0.5, 0.6) is 5.75 Å². The molecule has 6 nitrogen and oxygen atoms in total. The number of thiazole rings is 1. The predicted molar refractivity (Wildman–Crippen MR) is 149 cm³/mol. The van der Waals surface area contributed by atoms with Gasteiger partial charge in [0.2, 0.25) is 0 Å². The van der Waals surface area contributed by atoms with Crippen LogP contribution in [-0.4, -0.2) is 15.8 Å². The molecule has 0 unspecified atom stereocenters. The highest BCUT2D eigenvalue weighted by Gasteiger charge is 2.15. The standard InChI is InChI=1S/C31H28FN3O3S/c32-26-12-8-23(9-13-26)18-35(19-24-10-14-27(15-11-24)38-21-25-5-2-1-3-6-25)20-30-34-29(22-39-30)31(36)33-17-28-7-4-16-37-28/h1-16,22H,17-21H2,(H,33,36). The zero-order valence-corrected chi connectivity index (χ0v) is 22.1. The fourth-order valence-electron chi connectivity index (χ4n) is 4.06. The van der Waals surface area contributed by atoms with Gasteiger partial charge in [-0.15, -0.1) is 11.3 Å². The molecule has 0 atom stereocenters. The van der Waals surface area contributed by atoms with Gasteiger partial charge in [-0.25, -0.2) is 9.37 Å². The van der Waals surface area contributed by atoms with Crippen LogP contribution in [0.15, 0.2) is 107 Å². The lowest BCUT2D eigenvalue weighted by atomic mass is 10.1. The van der Waals surface area contributed by atoms with Crippen LogP contribution < -0.4 is 10.1 Å². The molecule has 3 aromatic carbocycles. The number of hydrogen-bond donors (Lipinski definition) is 1. The van der Waals surface area contributed by atoms with E-state index < -0.39 is 0 Å². The second kappa shape index (κ2) is 13.0. The largest absolute Gasteiger partial charge is 0.489 e. The minimum absolute atomic E-state index is 0.245. The Labute approximate surface area is 230 Å². The second-order valence-electron chi connectivity index (χ2n) is 9.08. The highest BCUT2D eigenvalue weighted by Crippen LogP contribution is 2.20. The first-order valence-electron chi connectivity index (χ1n) is 12.6. The van der Waals surface area contributed by atoms with Gasteiger partial charge in [-0.2, -0.15) is 0 Å². The van der Waals surface area contributed by atoms with Crippen molar-refractivity contribution < 1.29 is 18.3 Å². The van der Waals surface area contributed by atoms with Crippen LogP contribution in [0.25, 0.3) is 0 Å². The van der Waals surface area contributed by atoms with Gasteiger partial charge >= 0.3 is 0 Å². The van der Waals surface area contributed by atoms with Gasteiger partial charge < -0.3 is 14.5 Å². The summed E-state index contributed by atoms with van der Waals surface area (Å²) < 4.78 is 24.7. The number of aromatic nitrogens is 1. The first kappa shape index (κ1) is 26.3. The summed E-state index contributed by atoms with van der Waals surface area (Å²) in [6.07, 6.45) is 1.57. The van der Waals surface area contributed by atoms with Crippen LogP contribution >= 0.6 is 11.3 Å². The molecule has 0 aliphatic heterocycles. The number of benzene rings is 3. The lowest BCUT2D eigenvalue weighted by Gasteiger charge is -2.22. The van der Waals surface area contributed by atoms with Crippen molar-refractivity contribution in [2.24, 2.45) is 0 Å². The summed E-state index contributed by atoms with van der Waals surface area (Å²) in [6.45, 7) is 2.61. The Balaban J connectivity index is 1.23. The monoisotopic (exact) mass is 541 g/mol. The first-order valence-corrected chi connectivity index (χ1v) is 13.5. The SMILES string of the molecule is O=C(NCc1ccco1)c1csc(CN(Cc2ccc(F)cc2)Cc2ccc(OCc3ccccc3)cc2)n1. The zero-order valence-electron chi connectivity index (χ0n) is 21.3. The fraction of sp³-hybridized carbons (Fsp3) is 0.161. The topological polar surface area (TPSA) is 67.6 Å². The number of ether oxygens (including phenoxy) is 1. The van der Waals surface area contributed by atoms with Crippen molar-refractivity contribution in [1.29, 1.82) is 0 Å². The fourth-order valence-corrected chi connectivity index (χ4v) is 4.87. The number of halogens is 1. The molecule has 0 fully saturated rings. The minimum Gasteiger partial charge on any atom is -0.489 e. The van der Waals surface area contributed by atoms with Crippen molar-refractivity contribution in [3.63, 3.8) is 0 Å².